The van der Waals surface area contributed by atoms with Crippen LogP contribution in [0.5, 0.6) is 23.0 Å². The van der Waals surface area contributed by atoms with Crippen molar-refractivity contribution in [2.75, 3.05) is 78.7 Å². The van der Waals surface area contributed by atoms with Crippen LogP contribution in [0.15, 0.2) is 41.2 Å². The third kappa shape index (κ3) is 14.2. The fourth-order valence-corrected chi connectivity index (χ4v) is 8.68. The summed E-state index contributed by atoms with van der Waals surface area (Å²) in [4.78, 5) is 42.6. The number of hydrogen-bond donors (Lipinski definition) is 8. The number of likely N-dealkylation sites (N-methyl/N-ethyl adjacent to an activating group) is 1. The first kappa shape index (κ1) is 58.3. The minimum Gasteiger partial charge on any atom is -0.507 e. The van der Waals surface area contributed by atoms with E-state index >= 15 is 0 Å². The van der Waals surface area contributed by atoms with Crippen LogP contribution in [0, 0.1) is 30.6 Å². The highest BCUT2D eigenvalue weighted by Crippen LogP contribution is 2.55. The van der Waals surface area contributed by atoms with Gasteiger partial charge in [-0.25, -0.2) is 0 Å². The first-order valence-electron chi connectivity index (χ1n) is 24.0. The molecule has 1 unspecified atom stereocenters. The van der Waals surface area contributed by atoms with E-state index in [0.717, 1.165) is 19.5 Å². The topological polar surface area (TPSA) is 279 Å². The SMILES string of the molecule is CC(CCOCCO)OCCO.CO[C@H]1/C=C/O[C@@]2(C)Oc3c(C)c(O)c4c(O)c(c(/C=N\N5CCN(C)CC5)c(O)c4c3C2=O)NC(=O)/C(C)=C\C=C\[C@@H](C)[C@H](O)[C@@H](C)[C@H](O)[C@@H](C)[C@H](OC(C)=O)[C@@H]1C. The molecule has 1 amide bonds. The van der Waals surface area contributed by atoms with Gasteiger partial charge in [0.1, 0.15) is 23.4 Å². The molecular formula is C51H76N4O16. The molecule has 0 saturated carbocycles. The van der Waals surface area contributed by atoms with E-state index in [-0.39, 0.29) is 63.8 Å². The van der Waals surface area contributed by atoms with E-state index in [1.54, 1.807) is 44.9 Å². The number of Topliss-reactive ketones (excluding diaryl/α,β-unsaturated/α-hetero) is 1. The van der Waals surface area contributed by atoms with E-state index in [4.69, 9.17) is 38.6 Å². The molecule has 2 aromatic rings. The summed E-state index contributed by atoms with van der Waals surface area (Å²) in [7, 11) is 3.42. The number of ether oxygens (including phenoxy) is 6. The number of aliphatic hydroxyl groups excluding tert-OH is 4. The quantitative estimate of drug-likeness (QED) is 0.0488. The molecule has 0 aliphatic carbocycles. The van der Waals surface area contributed by atoms with Gasteiger partial charge in [-0.3, -0.25) is 19.4 Å². The van der Waals surface area contributed by atoms with Crippen LogP contribution in [0.2, 0.25) is 0 Å². The van der Waals surface area contributed by atoms with Gasteiger partial charge in [-0.15, -0.1) is 0 Å². The summed E-state index contributed by atoms with van der Waals surface area (Å²) in [5, 5.41) is 83.7. The molecule has 4 heterocycles. The van der Waals surface area contributed by atoms with Crippen molar-refractivity contribution < 1.29 is 78.6 Å². The zero-order valence-corrected chi connectivity index (χ0v) is 42.9. The van der Waals surface area contributed by atoms with Gasteiger partial charge in [0.15, 0.2) is 5.75 Å². The average molecular weight is 1000 g/mol. The Hall–Kier alpha value is -5.32. The fraction of sp³-hybridized carbons (Fsp3) is 0.608. The first-order chi connectivity index (χ1) is 33.5. The number of esters is 1. The number of aromatic hydroxyl groups is 3. The molecule has 5 bridgehead atoms. The minimum atomic E-state index is -2.04. The maximum atomic E-state index is 14.4. The van der Waals surface area contributed by atoms with Crippen molar-refractivity contribution in [3.63, 3.8) is 0 Å². The molecule has 2 aromatic carbocycles. The smallest absolute Gasteiger partial charge is 0.312 e. The van der Waals surface area contributed by atoms with Gasteiger partial charge in [-0.1, -0.05) is 45.9 Å². The molecule has 71 heavy (non-hydrogen) atoms. The van der Waals surface area contributed by atoms with Crippen LogP contribution in [0.25, 0.3) is 10.8 Å². The van der Waals surface area contributed by atoms with Crippen LogP contribution in [0.1, 0.15) is 83.3 Å². The van der Waals surface area contributed by atoms with Crippen molar-refractivity contribution in [3.8, 4) is 23.0 Å². The molecule has 4 aliphatic rings. The molecule has 1 fully saturated rings. The number of carbonyl (C=O) groups excluding carboxylic acids is 3. The number of benzene rings is 2. The van der Waals surface area contributed by atoms with Gasteiger partial charge in [-0.2, -0.15) is 5.10 Å². The number of ketones is 1. The van der Waals surface area contributed by atoms with Crippen LogP contribution < -0.4 is 10.1 Å². The lowest BCUT2D eigenvalue weighted by atomic mass is 9.78. The van der Waals surface area contributed by atoms with E-state index in [2.05, 4.69) is 15.3 Å². The Bertz CT molecular complexity index is 2280. The van der Waals surface area contributed by atoms with E-state index in [0.29, 0.717) is 32.9 Å². The zero-order chi connectivity index (χ0) is 52.9. The molecule has 6 rings (SSSR count). The summed E-state index contributed by atoms with van der Waals surface area (Å²) >= 11 is 0. The number of allylic oxidation sites excluding steroid dienone is 2. The predicted molar refractivity (Wildman–Crippen MR) is 266 cm³/mol. The number of hydrogen-bond acceptors (Lipinski definition) is 19. The maximum absolute atomic E-state index is 14.4. The lowest BCUT2D eigenvalue weighted by molar-refractivity contribution is -0.160. The lowest BCUT2D eigenvalue weighted by Crippen LogP contribution is -2.46. The van der Waals surface area contributed by atoms with Crippen molar-refractivity contribution in [1.29, 1.82) is 0 Å². The molecule has 10 atom stereocenters. The second-order valence-electron chi connectivity index (χ2n) is 18.6. The highest BCUT2D eigenvalue weighted by Gasteiger charge is 2.50. The van der Waals surface area contributed by atoms with E-state index in [9.17, 15) is 39.9 Å². The van der Waals surface area contributed by atoms with Crippen molar-refractivity contribution in [2.45, 2.75) is 105 Å². The summed E-state index contributed by atoms with van der Waals surface area (Å²) < 4.78 is 33.8. The number of fused-ring (bicyclic) bond motifs is 14. The molecular weight excluding hydrogens is 925 g/mol. The van der Waals surface area contributed by atoms with E-state index < -0.39 is 88.8 Å². The summed E-state index contributed by atoms with van der Waals surface area (Å²) in [5.41, 5.74) is -0.350. The molecule has 0 radical (unpaired) electrons. The van der Waals surface area contributed by atoms with Crippen LogP contribution in [-0.4, -0.2) is 179 Å². The number of carbonyl (C=O) groups is 3. The molecule has 4 aliphatic heterocycles. The van der Waals surface area contributed by atoms with Crippen LogP contribution in [0.4, 0.5) is 5.69 Å². The van der Waals surface area contributed by atoms with Gasteiger partial charge < -0.3 is 74.4 Å². The predicted octanol–water partition coefficient (Wildman–Crippen LogP) is 4.12. The highest BCUT2D eigenvalue weighted by molar-refractivity contribution is 6.23. The number of piperazine rings is 1. The molecule has 396 valence electrons. The molecule has 0 aromatic heterocycles. The van der Waals surface area contributed by atoms with Crippen molar-refractivity contribution >= 4 is 40.3 Å². The number of amides is 1. The third-order valence-corrected chi connectivity index (χ3v) is 13.3. The van der Waals surface area contributed by atoms with Crippen LogP contribution in [-0.2, 0) is 33.3 Å². The zero-order valence-electron chi connectivity index (χ0n) is 42.9. The number of aliphatic hydroxyl groups is 4. The first-order valence-corrected chi connectivity index (χ1v) is 24.0. The Balaban J connectivity index is 0.000000805. The van der Waals surface area contributed by atoms with Crippen molar-refractivity contribution in [1.82, 2.24) is 9.91 Å². The number of nitrogens with zero attached hydrogens (tertiary/aromatic N) is 3. The third-order valence-electron chi connectivity index (χ3n) is 13.3. The van der Waals surface area contributed by atoms with Gasteiger partial charge in [0.25, 0.3) is 11.7 Å². The lowest BCUT2D eigenvalue weighted by Gasteiger charge is -2.38. The Labute approximate surface area is 416 Å². The van der Waals surface area contributed by atoms with E-state index in [1.807, 2.05) is 14.0 Å². The summed E-state index contributed by atoms with van der Waals surface area (Å²) in [6, 6.07) is 0. The minimum absolute atomic E-state index is 0.0559. The van der Waals surface area contributed by atoms with Crippen LogP contribution >= 0.6 is 0 Å². The van der Waals surface area contributed by atoms with Gasteiger partial charge >= 0.3 is 11.8 Å². The highest BCUT2D eigenvalue weighted by atomic mass is 16.7. The number of rotatable bonds is 12. The monoisotopic (exact) mass is 1000 g/mol. The van der Waals surface area contributed by atoms with Gasteiger partial charge in [-0.05, 0) is 40.3 Å². The largest absolute Gasteiger partial charge is 0.507 e. The molecule has 20 heteroatoms. The van der Waals surface area contributed by atoms with E-state index in [1.165, 1.54) is 59.4 Å². The standard InChI is InChI=1S/C43H58N4O12.C8H18O4/c1-21-12-11-13-22(2)42(55)45-33-28(20-44-47-17-15-46(9)16-18-47)37(52)30-31(38(33)53)36(51)26(6)40-32(30)41(54)43(8,59-40)57-19-14-29(56-10)23(3)39(58-27(7)48)25(5)35(50)24(4)34(21)49;1-8(12-7-4-10)2-5-11-6-3-9/h11-14,19-21,23-25,29,34-35,39,49-53H,15-18H2,1-10H3,(H,45,55);8-10H,2-7H2,1H3/b12-11+,19-14+,22-13-,44-20-;/t21-,23-,24-,25-,29+,34+,35+,39-,43+;/m1./s1. The number of phenolic OH excluding ortho intramolecular Hbond substituents is 3. The molecule has 20 nitrogen and oxygen atoms in total. The van der Waals surface area contributed by atoms with Crippen molar-refractivity contribution in [3.05, 3.63) is 52.8 Å². The second kappa shape index (κ2) is 26.4. The number of hydrazone groups is 1. The summed E-state index contributed by atoms with van der Waals surface area (Å²) in [5.74, 6) is -8.34. The van der Waals surface area contributed by atoms with Gasteiger partial charge in [0.05, 0.1) is 85.5 Å². The molecule has 0 spiro atoms. The Kier molecular flexibility index (Phi) is 21.7. The Morgan fingerprint density at radius 1 is 0.930 bits per heavy atom. The number of methoxy groups -OCH3 is 1. The Morgan fingerprint density at radius 2 is 1.59 bits per heavy atom. The summed E-state index contributed by atoms with van der Waals surface area (Å²) in [6.45, 7) is 18.5. The normalized spacial score (nSPS) is 28.9. The molecule has 8 N–H and O–H groups in total. The summed E-state index contributed by atoms with van der Waals surface area (Å²) in [6.07, 6.45) is 5.76. The maximum Gasteiger partial charge on any atom is 0.312 e. The van der Waals surface area contributed by atoms with Gasteiger partial charge in [0.2, 0.25) is 0 Å². The Morgan fingerprint density at radius 3 is 2.21 bits per heavy atom. The number of anilines is 1. The fourth-order valence-electron chi connectivity index (χ4n) is 8.68. The number of phenols is 3. The average Bonchev–Trinajstić information content (AvgIpc) is 3.60. The number of nitrogens with one attached hydrogen (secondary N) is 1. The second-order valence-corrected chi connectivity index (χ2v) is 18.6. The molecule has 1 saturated heterocycles. The van der Waals surface area contributed by atoms with Crippen molar-refractivity contribution in [2.24, 2.45) is 28.8 Å². The van der Waals surface area contributed by atoms with Crippen LogP contribution in [0.3, 0.4) is 0 Å². The van der Waals surface area contributed by atoms with Gasteiger partial charge in [0, 0.05) is 93.9 Å².